The van der Waals surface area contributed by atoms with Gasteiger partial charge in [0.25, 0.3) is 0 Å². The van der Waals surface area contributed by atoms with Gasteiger partial charge in [-0.15, -0.1) is 0 Å². The van der Waals surface area contributed by atoms with Gasteiger partial charge in [-0.05, 0) is 56.3 Å². The maximum absolute atomic E-state index is 12.6. The number of Topliss-reactive ketones (excluding diaryl/α,β-unsaturated/α-hetero) is 1. The average Bonchev–Trinajstić information content (AvgIpc) is 2.49. The molecule has 4 aliphatic rings. The maximum Gasteiger partial charge on any atom is 0.311 e. The first-order valence-electron chi connectivity index (χ1n) is 9.19. The SMILES string of the molecule is COC(=O)[C@@]1(C)CCC[C@]2(C)[C@H]3CCC(=O)[C@H]4C=C[C@]43CC[C@H]21. The molecule has 1 spiro atoms. The highest BCUT2D eigenvalue weighted by atomic mass is 16.5. The van der Waals surface area contributed by atoms with Gasteiger partial charge in [0.1, 0.15) is 5.78 Å². The van der Waals surface area contributed by atoms with Crippen LogP contribution in [0.3, 0.4) is 0 Å². The van der Waals surface area contributed by atoms with Crippen LogP contribution >= 0.6 is 0 Å². The summed E-state index contributed by atoms with van der Waals surface area (Å²) in [5, 5.41) is 0. The van der Waals surface area contributed by atoms with E-state index in [2.05, 4.69) is 26.0 Å². The van der Waals surface area contributed by atoms with Crippen LogP contribution in [0.5, 0.6) is 0 Å². The van der Waals surface area contributed by atoms with E-state index in [1.165, 1.54) is 13.5 Å². The minimum Gasteiger partial charge on any atom is -0.469 e. The standard InChI is InChI=1S/C20H28O3/c1-18-9-4-10-19(2,17(22)23-3)15(18)8-12-20-11-7-13(20)14(21)5-6-16(18)20/h7,11,13,15-16H,4-6,8-10,12H2,1-3H3/t13-,15-,16-,18+,19+,20+/m1/s1. The molecule has 0 aromatic heterocycles. The molecule has 4 rings (SSSR count). The number of ketones is 1. The van der Waals surface area contributed by atoms with Crippen LogP contribution < -0.4 is 0 Å². The van der Waals surface area contributed by atoms with E-state index in [9.17, 15) is 9.59 Å². The first-order chi connectivity index (χ1) is 10.9. The van der Waals surface area contributed by atoms with Crippen LogP contribution in [0.1, 0.15) is 58.8 Å². The Labute approximate surface area is 138 Å². The molecular weight excluding hydrogens is 288 g/mol. The molecule has 0 aliphatic heterocycles. The Bertz CT molecular complexity index is 594. The second kappa shape index (κ2) is 4.70. The molecule has 126 valence electrons. The molecule has 0 amide bonds. The number of carbonyl (C=O) groups is 2. The van der Waals surface area contributed by atoms with E-state index >= 15 is 0 Å². The molecular formula is C20H28O3. The molecule has 0 saturated heterocycles. The second-order valence-corrected chi connectivity index (χ2v) is 8.87. The Morgan fingerprint density at radius 1 is 1.17 bits per heavy atom. The summed E-state index contributed by atoms with van der Waals surface area (Å²) in [5.74, 6) is 1.50. The molecule has 0 N–H and O–H groups in total. The van der Waals surface area contributed by atoms with Crippen molar-refractivity contribution < 1.29 is 14.3 Å². The van der Waals surface area contributed by atoms with Crippen molar-refractivity contribution >= 4 is 11.8 Å². The minimum atomic E-state index is -0.353. The number of fused-ring (bicyclic) bond motifs is 2. The van der Waals surface area contributed by atoms with Gasteiger partial charge in [0.2, 0.25) is 0 Å². The Morgan fingerprint density at radius 3 is 2.61 bits per heavy atom. The van der Waals surface area contributed by atoms with E-state index < -0.39 is 0 Å². The number of ether oxygens (including phenoxy) is 1. The molecule has 3 heteroatoms. The highest BCUT2D eigenvalue weighted by molar-refractivity contribution is 5.87. The quantitative estimate of drug-likeness (QED) is 0.544. The van der Waals surface area contributed by atoms with E-state index in [0.29, 0.717) is 17.6 Å². The van der Waals surface area contributed by atoms with Crippen LogP contribution in [0.4, 0.5) is 0 Å². The van der Waals surface area contributed by atoms with Crippen molar-refractivity contribution in [3.63, 3.8) is 0 Å². The normalized spacial score (nSPS) is 51.1. The highest BCUT2D eigenvalue weighted by Gasteiger charge is 2.66. The Kier molecular flexibility index (Phi) is 3.15. The van der Waals surface area contributed by atoms with Crippen molar-refractivity contribution in [2.75, 3.05) is 7.11 Å². The molecule has 3 fully saturated rings. The lowest BCUT2D eigenvalue weighted by Gasteiger charge is -2.66. The third kappa shape index (κ3) is 1.71. The van der Waals surface area contributed by atoms with Crippen LogP contribution in [0.15, 0.2) is 12.2 Å². The van der Waals surface area contributed by atoms with Gasteiger partial charge in [-0.3, -0.25) is 9.59 Å². The summed E-state index contributed by atoms with van der Waals surface area (Å²) in [7, 11) is 1.52. The summed E-state index contributed by atoms with van der Waals surface area (Å²) in [6, 6.07) is 0. The number of carbonyl (C=O) groups excluding carboxylic acids is 2. The number of esters is 1. The summed E-state index contributed by atoms with van der Waals surface area (Å²) < 4.78 is 5.19. The van der Waals surface area contributed by atoms with Crippen molar-refractivity contribution in [2.24, 2.45) is 34.0 Å². The summed E-state index contributed by atoms with van der Waals surface area (Å²) in [4.78, 5) is 24.9. The third-order valence-corrected chi connectivity index (χ3v) is 8.14. The molecule has 4 aliphatic carbocycles. The molecule has 0 aromatic carbocycles. The van der Waals surface area contributed by atoms with Crippen molar-refractivity contribution in [1.82, 2.24) is 0 Å². The smallest absolute Gasteiger partial charge is 0.311 e. The van der Waals surface area contributed by atoms with Gasteiger partial charge in [0.05, 0.1) is 12.5 Å². The molecule has 3 nitrogen and oxygen atoms in total. The van der Waals surface area contributed by atoms with Gasteiger partial charge in [-0.25, -0.2) is 0 Å². The highest BCUT2D eigenvalue weighted by Crippen LogP contribution is 2.70. The molecule has 6 atom stereocenters. The Hall–Kier alpha value is -1.12. The topological polar surface area (TPSA) is 43.4 Å². The molecule has 0 unspecified atom stereocenters. The summed E-state index contributed by atoms with van der Waals surface area (Å²) in [5.41, 5.74) is -0.0914. The Balaban J connectivity index is 1.75. The number of allylic oxidation sites excluding steroid dienone is 2. The zero-order chi connectivity index (χ0) is 16.5. The second-order valence-electron chi connectivity index (χ2n) is 8.87. The van der Waals surface area contributed by atoms with Crippen LogP contribution in [-0.4, -0.2) is 18.9 Å². The largest absolute Gasteiger partial charge is 0.469 e. The molecule has 0 bridgehead atoms. The van der Waals surface area contributed by atoms with E-state index in [1.54, 1.807) is 0 Å². The molecule has 3 saturated carbocycles. The van der Waals surface area contributed by atoms with Gasteiger partial charge in [-0.1, -0.05) is 25.5 Å². The van der Waals surface area contributed by atoms with Crippen molar-refractivity contribution in [2.45, 2.75) is 58.8 Å². The summed E-state index contributed by atoms with van der Waals surface area (Å²) in [6.45, 7) is 4.53. The lowest BCUT2D eigenvalue weighted by Crippen LogP contribution is -2.63. The van der Waals surface area contributed by atoms with Gasteiger partial charge in [-0.2, -0.15) is 0 Å². The maximum atomic E-state index is 12.6. The number of hydrogen-bond acceptors (Lipinski definition) is 3. The van der Waals surface area contributed by atoms with E-state index in [0.717, 1.165) is 38.5 Å². The first-order valence-corrected chi connectivity index (χ1v) is 9.19. The van der Waals surface area contributed by atoms with Gasteiger partial charge in [0, 0.05) is 17.8 Å². The fourth-order valence-corrected chi connectivity index (χ4v) is 7.10. The number of rotatable bonds is 1. The third-order valence-electron chi connectivity index (χ3n) is 8.14. The molecule has 0 heterocycles. The van der Waals surface area contributed by atoms with Crippen molar-refractivity contribution in [3.8, 4) is 0 Å². The minimum absolute atomic E-state index is 0.0306. The van der Waals surface area contributed by atoms with E-state index in [-0.39, 0.29) is 28.1 Å². The fourth-order valence-electron chi connectivity index (χ4n) is 7.10. The monoisotopic (exact) mass is 316 g/mol. The van der Waals surface area contributed by atoms with Crippen LogP contribution in [-0.2, 0) is 14.3 Å². The summed E-state index contributed by atoms with van der Waals surface area (Å²) >= 11 is 0. The number of methoxy groups -OCH3 is 1. The molecule has 0 aromatic rings. The predicted octanol–water partition coefficient (Wildman–Crippen LogP) is 3.92. The fraction of sp³-hybridized carbons (Fsp3) is 0.800. The lowest BCUT2D eigenvalue weighted by molar-refractivity contribution is -0.187. The van der Waals surface area contributed by atoms with E-state index in [4.69, 9.17) is 4.74 Å². The lowest BCUT2D eigenvalue weighted by atomic mass is 9.37. The molecule has 0 radical (unpaired) electrons. The van der Waals surface area contributed by atoms with Crippen molar-refractivity contribution in [1.29, 1.82) is 0 Å². The van der Waals surface area contributed by atoms with Gasteiger partial charge in [0.15, 0.2) is 0 Å². The average molecular weight is 316 g/mol. The van der Waals surface area contributed by atoms with Crippen molar-refractivity contribution in [3.05, 3.63) is 12.2 Å². The van der Waals surface area contributed by atoms with Crippen LogP contribution in [0.2, 0.25) is 0 Å². The first kappa shape index (κ1) is 15.4. The van der Waals surface area contributed by atoms with Gasteiger partial charge >= 0.3 is 5.97 Å². The van der Waals surface area contributed by atoms with Crippen LogP contribution in [0, 0.1) is 34.0 Å². The Morgan fingerprint density at radius 2 is 1.96 bits per heavy atom. The number of hydrogen-bond donors (Lipinski definition) is 0. The zero-order valence-electron chi connectivity index (χ0n) is 14.6. The predicted molar refractivity (Wildman–Crippen MR) is 87.6 cm³/mol. The van der Waals surface area contributed by atoms with Gasteiger partial charge < -0.3 is 4.74 Å². The zero-order valence-corrected chi connectivity index (χ0v) is 14.6. The van der Waals surface area contributed by atoms with Crippen LogP contribution in [0.25, 0.3) is 0 Å². The molecule has 23 heavy (non-hydrogen) atoms. The van der Waals surface area contributed by atoms with E-state index in [1.807, 2.05) is 0 Å². The summed E-state index contributed by atoms with van der Waals surface area (Å²) in [6.07, 6.45) is 11.5.